The Balaban J connectivity index is 1.98. The van der Waals surface area contributed by atoms with Crippen molar-refractivity contribution in [2.24, 2.45) is 5.92 Å². The molecule has 0 spiro atoms. The lowest BCUT2D eigenvalue weighted by atomic mass is 9.84. The smallest absolute Gasteiger partial charge is 0.131 e. The second kappa shape index (κ2) is 7.07. The van der Waals surface area contributed by atoms with E-state index >= 15 is 0 Å². The van der Waals surface area contributed by atoms with Crippen molar-refractivity contribution in [1.29, 1.82) is 0 Å². The first-order valence-corrected chi connectivity index (χ1v) is 7.71. The topological polar surface area (TPSA) is 21.3 Å². The Morgan fingerprint density at radius 2 is 1.90 bits per heavy atom. The van der Waals surface area contributed by atoms with Crippen molar-refractivity contribution in [3.63, 3.8) is 0 Å². The number of halogens is 1. The van der Waals surface area contributed by atoms with Crippen LogP contribution in [0.2, 0.25) is 0 Å². The number of hydrogen-bond acceptors (Lipinski definition) is 2. The maximum atomic E-state index is 14.1. The van der Waals surface area contributed by atoms with E-state index in [1.165, 1.54) is 38.2 Å². The van der Waals surface area contributed by atoms with Crippen molar-refractivity contribution >= 4 is 0 Å². The van der Waals surface area contributed by atoms with Gasteiger partial charge in [0.2, 0.25) is 0 Å². The minimum absolute atomic E-state index is 0.0258. The first-order valence-electron chi connectivity index (χ1n) is 7.71. The zero-order chi connectivity index (χ0) is 14.5. The molecule has 1 aliphatic rings. The molecule has 1 N–H and O–H groups in total. The van der Waals surface area contributed by atoms with Gasteiger partial charge in [0, 0.05) is 23.7 Å². The van der Waals surface area contributed by atoms with E-state index in [9.17, 15) is 4.39 Å². The molecule has 3 heteroatoms. The van der Waals surface area contributed by atoms with Gasteiger partial charge < -0.3 is 10.1 Å². The molecule has 0 amide bonds. The van der Waals surface area contributed by atoms with Crippen molar-refractivity contribution in [1.82, 2.24) is 5.32 Å². The normalized spacial score (nSPS) is 19.6. The molecule has 0 radical (unpaired) electrons. The number of ether oxygens (including phenoxy) is 1. The van der Waals surface area contributed by atoms with Crippen LogP contribution in [0.15, 0.2) is 18.2 Å². The number of nitrogens with one attached hydrogen (secondary N) is 1. The summed E-state index contributed by atoms with van der Waals surface area (Å²) in [5, 5.41) is 3.56. The fourth-order valence-corrected chi connectivity index (χ4v) is 3.24. The lowest BCUT2D eigenvalue weighted by Gasteiger charge is -2.31. The molecular formula is C17H26FNO. The molecule has 1 aromatic rings. The average molecular weight is 279 g/mol. The molecule has 0 saturated heterocycles. The van der Waals surface area contributed by atoms with Crippen molar-refractivity contribution in [3.05, 3.63) is 29.6 Å². The largest absolute Gasteiger partial charge is 0.497 e. The predicted octanol–water partition coefficient (Wildman–Crippen LogP) is 4.45. The van der Waals surface area contributed by atoms with Crippen molar-refractivity contribution in [2.45, 2.75) is 58.0 Å². The van der Waals surface area contributed by atoms with Crippen molar-refractivity contribution in [2.75, 3.05) is 7.11 Å². The summed E-state index contributed by atoms with van der Waals surface area (Å²) < 4.78 is 19.1. The molecule has 0 aromatic heterocycles. The van der Waals surface area contributed by atoms with E-state index in [-0.39, 0.29) is 11.9 Å². The third-order valence-electron chi connectivity index (χ3n) is 4.54. The molecule has 112 valence electrons. The Morgan fingerprint density at radius 3 is 2.50 bits per heavy atom. The number of hydrogen-bond donors (Lipinski definition) is 1. The van der Waals surface area contributed by atoms with E-state index in [0.717, 1.165) is 5.92 Å². The summed E-state index contributed by atoms with van der Waals surface area (Å²) >= 11 is 0. The number of rotatable bonds is 5. The molecule has 1 aliphatic carbocycles. The highest BCUT2D eigenvalue weighted by Crippen LogP contribution is 2.28. The van der Waals surface area contributed by atoms with E-state index in [1.807, 2.05) is 19.1 Å². The molecule has 0 bridgehead atoms. The van der Waals surface area contributed by atoms with Gasteiger partial charge in [-0.25, -0.2) is 4.39 Å². The summed E-state index contributed by atoms with van der Waals surface area (Å²) in [7, 11) is 1.56. The minimum Gasteiger partial charge on any atom is -0.497 e. The Morgan fingerprint density at radius 1 is 1.20 bits per heavy atom. The van der Waals surface area contributed by atoms with Crippen LogP contribution in [0, 0.1) is 11.7 Å². The SMILES string of the molecule is COc1ccc(C(C)N[C@H](C)C2CCCCC2)c(F)c1. The van der Waals surface area contributed by atoms with Gasteiger partial charge in [0.15, 0.2) is 0 Å². The highest BCUT2D eigenvalue weighted by molar-refractivity contribution is 5.30. The monoisotopic (exact) mass is 279 g/mol. The quantitative estimate of drug-likeness (QED) is 0.859. The molecule has 2 atom stereocenters. The maximum Gasteiger partial charge on any atom is 0.131 e. The molecule has 0 heterocycles. The van der Waals surface area contributed by atoms with E-state index in [0.29, 0.717) is 17.4 Å². The highest BCUT2D eigenvalue weighted by atomic mass is 19.1. The van der Waals surface area contributed by atoms with Gasteiger partial charge in [0.1, 0.15) is 11.6 Å². The van der Waals surface area contributed by atoms with Gasteiger partial charge in [-0.15, -0.1) is 0 Å². The summed E-state index contributed by atoms with van der Waals surface area (Å²) in [6.07, 6.45) is 6.63. The van der Waals surface area contributed by atoms with E-state index < -0.39 is 0 Å². The molecule has 20 heavy (non-hydrogen) atoms. The maximum absolute atomic E-state index is 14.1. The summed E-state index contributed by atoms with van der Waals surface area (Å²) in [6, 6.07) is 5.56. The van der Waals surface area contributed by atoms with E-state index in [2.05, 4.69) is 12.2 Å². The van der Waals surface area contributed by atoms with Crippen molar-refractivity contribution in [3.8, 4) is 5.75 Å². The predicted molar refractivity (Wildman–Crippen MR) is 80.5 cm³/mol. The zero-order valence-electron chi connectivity index (χ0n) is 12.8. The van der Waals surface area contributed by atoms with Crippen LogP contribution >= 0.6 is 0 Å². The summed E-state index contributed by atoms with van der Waals surface area (Å²) in [6.45, 7) is 4.26. The molecule has 2 rings (SSSR count). The van der Waals surface area contributed by atoms with Gasteiger partial charge in [-0.2, -0.15) is 0 Å². The second-order valence-corrected chi connectivity index (χ2v) is 5.96. The average Bonchev–Trinajstić information content (AvgIpc) is 2.47. The Bertz CT molecular complexity index is 429. The third kappa shape index (κ3) is 3.72. The van der Waals surface area contributed by atoms with Crippen LogP contribution in [0.5, 0.6) is 5.75 Å². The minimum atomic E-state index is -0.194. The van der Waals surface area contributed by atoms with Gasteiger partial charge in [-0.3, -0.25) is 0 Å². The second-order valence-electron chi connectivity index (χ2n) is 5.96. The zero-order valence-corrected chi connectivity index (χ0v) is 12.8. The molecular weight excluding hydrogens is 253 g/mol. The summed E-state index contributed by atoms with van der Waals surface area (Å²) in [5.41, 5.74) is 0.716. The van der Waals surface area contributed by atoms with Crippen LogP contribution in [0.3, 0.4) is 0 Å². The van der Waals surface area contributed by atoms with Gasteiger partial charge in [0.05, 0.1) is 7.11 Å². The van der Waals surface area contributed by atoms with E-state index in [1.54, 1.807) is 7.11 Å². The van der Waals surface area contributed by atoms with Gasteiger partial charge in [-0.1, -0.05) is 25.3 Å². The lowest BCUT2D eigenvalue weighted by Crippen LogP contribution is -2.36. The first kappa shape index (κ1) is 15.3. The fraction of sp³-hybridized carbons (Fsp3) is 0.647. The van der Waals surface area contributed by atoms with Crippen LogP contribution in [-0.2, 0) is 0 Å². The lowest BCUT2D eigenvalue weighted by molar-refractivity contribution is 0.267. The Kier molecular flexibility index (Phi) is 5.41. The molecule has 0 aliphatic heterocycles. The number of benzene rings is 1. The molecule has 1 fully saturated rings. The van der Waals surface area contributed by atoms with Crippen LogP contribution in [-0.4, -0.2) is 13.2 Å². The summed E-state index contributed by atoms with van der Waals surface area (Å²) in [4.78, 5) is 0. The number of methoxy groups -OCH3 is 1. The Labute approximate surface area is 121 Å². The summed E-state index contributed by atoms with van der Waals surface area (Å²) in [5.74, 6) is 1.10. The third-order valence-corrected chi connectivity index (χ3v) is 4.54. The molecule has 2 nitrogen and oxygen atoms in total. The van der Waals surface area contributed by atoms with Gasteiger partial charge in [0.25, 0.3) is 0 Å². The molecule has 1 saturated carbocycles. The van der Waals surface area contributed by atoms with Crippen LogP contribution in [0.1, 0.15) is 57.6 Å². The van der Waals surface area contributed by atoms with Crippen LogP contribution < -0.4 is 10.1 Å². The van der Waals surface area contributed by atoms with Gasteiger partial charge in [-0.05, 0) is 38.7 Å². The van der Waals surface area contributed by atoms with Crippen LogP contribution in [0.4, 0.5) is 4.39 Å². The van der Waals surface area contributed by atoms with Crippen molar-refractivity contribution < 1.29 is 9.13 Å². The van der Waals surface area contributed by atoms with E-state index in [4.69, 9.17) is 4.74 Å². The fourth-order valence-electron chi connectivity index (χ4n) is 3.24. The Hall–Kier alpha value is -1.09. The van der Waals surface area contributed by atoms with Gasteiger partial charge >= 0.3 is 0 Å². The van der Waals surface area contributed by atoms with Crippen LogP contribution in [0.25, 0.3) is 0 Å². The standard InChI is InChI=1S/C17H26FNO/c1-12(14-7-5-4-6-8-14)19-13(2)16-10-9-15(20-3)11-17(16)18/h9-14,19H,4-8H2,1-3H3/t12-,13?/m1/s1. The highest BCUT2D eigenvalue weighted by Gasteiger charge is 2.22. The molecule has 1 aromatic carbocycles. The molecule has 1 unspecified atom stereocenters. The first-order chi connectivity index (χ1) is 9.61.